The van der Waals surface area contributed by atoms with Crippen LogP contribution in [0.5, 0.6) is 5.75 Å². The third-order valence-corrected chi connectivity index (χ3v) is 2.70. The smallest absolute Gasteiger partial charge is 0.150 e. The minimum Gasteiger partial charge on any atom is -0.496 e. The second-order valence-electron chi connectivity index (χ2n) is 5.12. The monoisotopic (exact) mass is 232 g/mol. The number of methoxy groups -OCH3 is 1. The molecule has 17 heavy (non-hydrogen) atoms. The van der Waals surface area contributed by atoms with Crippen molar-refractivity contribution in [2.75, 3.05) is 7.11 Å². The number of hydrogen-bond donors (Lipinski definition) is 0. The highest BCUT2D eigenvalue weighted by Gasteiger charge is 2.21. The number of aldehydes is 1. The van der Waals surface area contributed by atoms with E-state index in [0.717, 1.165) is 23.2 Å². The Hall–Kier alpha value is -1.57. The SMILES string of the molecule is C=CCc1cc(C=O)cc(C(C)(C)C)c1OC. The van der Waals surface area contributed by atoms with Gasteiger partial charge in [-0.2, -0.15) is 0 Å². The average Bonchev–Trinajstić information content (AvgIpc) is 2.27. The number of carbonyl (C=O) groups is 1. The molecule has 0 aromatic heterocycles. The van der Waals surface area contributed by atoms with Gasteiger partial charge in [0, 0.05) is 11.1 Å². The van der Waals surface area contributed by atoms with Gasteiger partial charge in [0.25, 0.3) is 0 Å². The molecule has 92 valence electrons. The number of hydrogen-bond acceptors (Lipinski definition) is 2. The third kappa shape index (κ3) is 2.96. The van der Waals surface area contributed by atoms with Crippen LogP contribution in [0, 0.1) is 0 Å². The van der Waals surface area contributed by atoms with E-state index >= 15 is 0 Å². The van der Waals surface area contributed by atoms with Gasteiger partial charge in [0.15, 0.2) is 0 Å². The van der Waals surface area contributed by atoms with Crippen LogP contribution in [0.2, 0.25) is 0 Å². The molecule has 2 nitrogen and oxygen atoms in total. The number of rotatable bonds is 4. The fraction of sp³-hybridized carbons (Fsp3) is 0.400. The van der Waals surface area contributed by atoms with Gasteiger partial charge in [-0.3, -0.25) is 4.79 Å². The molecule has 0 saturated heterocycles. The lowest BCUT2D eigenvalue weighted by molar-refractivity contribution is 0.112. The van der Waals surface area contributed by atoms with E-state index in [0.29, 0.717) is 12.0 Å². The molecule has 0 amide bonds. The number of ether oxygens (including phenoxy) is 1. The van der Waals surface area contributed by atoms with Crippen molar-refractivity contribution in [1.82, 2.24) is 0 Å². The molecule has 1 aromatic carbocycles. The average molecular weight is 232 g/mol. The van der Waals surface area contributed by atoms with Gasteiger partial charge in [-0.15, -0.1) is 6.58 Å². The van der Waals surface area contributed by atoms with Crippen molar-refractivity contribution >= 4 is 6.29 Å². The molecule has 0 atom stereocenters. The molecular formula is C15H20O2. The maximum absolute atomic E-state index is 11.0. The molecule has 0 bridgehead atoms. The fourth-order valence-electron chi connectivity index (χ4n) is 1.89. The molecule has 0 unspecified atom stereocenters. The standard InChI is InChI=1S/C15H20O2/c1-6-7-12-8-11(10-16)9-13(14(12)17-5)15(2,3)4/h6,8-10H,1,7H2,2-5H3. The zero-order valence-electron chi connectivity index (χ0n) is 11.0. The zero-order valence-corrected chi connectivity index (χ0v) is 11.0. The summed E-state index contributed by atoms with van der Waals surface area (Å²) < 4.78 is 5.49. The molecule has 0 heterocycles. The second kappa shape index (κ2) is 5.17. The minimum atomic E-state index is -0.0553. The van der Waals surface area contributed by atoms with Crippen LogP contribution in [-0.4, -0.2) is 13.4 Å². The first-order chi connectivity index (χ1) is 7.93. The number of allylic oxidation sites excluding steroid dienone is 1. The summed E-state index contributed by atoms with van der Waals surface area (Å²) in [5.74, 6) is 0.864. The Balaban J connectivity index is 3.49. The van der Waals surface area contributed by atoms with Crippen LogP contribution < -0.4 is 4.74 Å². The van der Waals surface area contributed by atoms with E-state index in [1.165, 1.54) is 0 Å². The molecule has 0 aliphatic rings. The predicted molar refractivity (Wildman–Crippen MR) is 71.0 cm³/mol. The first-order valence-corrected chi connectivity index (χ1v) is 5.71. The number of benzene rings is 1. The van der Waals surface area contributed by atoms with Crippen molar-refractivity contribution in [3.63, 3.8) is 0 Å². The van der Waals surface area contributed by atoms with Crippen molar-refractivity contribution < 1.29 is 9.53 Å². The largest absolute Gasteiger partial charge is 0.496 e. The molecule has 0 spiro atoms. The van der Waals surface area contributed by atoms with Crippen LogP contribution in [0.25, 0.3) is 0 Å². The number of carbonyl (C=O) groups excluding carboxylic acids is 1. The summed E-state index contributed by atoms with van der Waals surface area (Å²) in [6.45, 7) is 10.1. The zero-order chi connectivity index (χ0) is 13.1. The lowest BCUT2D eigenvalue weighted by Crippen LogP contribution is -2.14. The molecule has 0 aliphatic carbocycles. The Morgan fingerprint density at radius 3 is 2.41 bits per heavy atom. The van der Waals surface area contributed by atoms with E-state index in [1.54, 1.807) is 7.11 Å². The summed E-state index contributed by atoms with van der Waals surface area (Å²) in [5, 5.41) is 0. The van der Waals surface area contributed by atoms with Gasteiger partial charge in [0.05, 0.1) is 7.11 Å². The Morgan fingerprint density at radius 1 is 1.35 bits per heavy atom. The fourth-order valence-corrected chi connectivity index (χ4v) is 1.89. The Kier molecular flexibility index (Phi) is 4.11. The highest BCUT2D eigenvalue weighted by molar-refractivity contribution is 5.77. The van der Waals surface area contributed by atoms with Crippen LogP contribution in [-0.2, 0) is 11.8 Å². The van der Waals surface area contributed by atoms with Crippen molar-refractivity contribution in [2.24, 2.45) is 0 Å². The maximum Gasteiger partial charge on any atom is 0.150 e. The van der Waals surface area contributed by atoms with Crippen molar-refractivity contribution in [2.45, 2.75) is 32.6 Å². The Bertz CT molecular complexity index is 425. The lowest BCUT2D eigenvalue weighted by atomic mass is 9.83. The molecule has 0 N–H and O–H groups in total. The van der Waals surface area contributed by atoms with E-state index in [4.69, 9.17) is 4.74 Å². The first-order valence-electron chi connectivity index (χ1n) is 5.71. The van der Waals surface area contributed by atoms with Crippen molar-refractivity contribution in [3.05, 3.63) is 41.5 Å². The van der Waals surface area contributed by atoms with Gasteiger partial charge < -0.3 is 4.74 Å². The van der Waals surface area contributed by atoms with E-state index in [2.05, 4.69) is 27.4 Å². The summed E-state index contributed by atoms with van der Waals surface area (Å²) >= 11 is 0. The summed E-state index contributed by atoms with van der Waals surface area (Å²) in [6, 6.07) is 3.77. The summed E-state index contributed by atoms with van der Waals surface area (Å²) in [5.41, 5.74) is 2.70. The summed E-state index contributed by atoms with van der Waals surface area (Å²) in [6.07, 6.45) is 3.40. The van der Waals surface area contributed by atoms with Crippen LogP contribution in [0.4, 0.5) is 0 Å². The topological polar surface area (TPSA) is 26.3 Å². The lowest BCUT2D eigenvalue weighted by Gasteiger charge is -2.24. The van der Waals surface area contributed by atoms with E-state index in [9.17, 15) is 4.79 Å². The van der Waals surface area contributed by atoms with Gasteiger partial charge in [-0.1, -0.05) is 26.8 Å². The van der Waals surface area contributed by atoms with Gasteiger partial charge in [0.2, 0.25) is 0 Å². The minimum absolute atomic E-state index is 0.0553. The Morgan fingerprint density at radius 2 is 2.00 bits per heavy atom. The maximum atomic E-state index is 11.0. The van der Waals surface area contributed by atoms with Crippen LogP contribution in [0.3, 0.4) is 0 Å². The van der Waals surface area contributed by atoms with E-state index in [1.807, 2.05) is 18.2 Å². The molecule has 0 radical (unpaired) electrons. The van der Waals surface area contributed by atoms with Crippen molar-refractivity contribution in [3.8, 4) is 5.75 Å². The normalized spacial score (nSPS) is 11.1. The summed E-state index contributed by atoms with van der Waals surface area (Å²) in [4.78, 5) is 11.0. The predicted octanol–water partition coefficient (Wildman–Crippen LogP) is 3.53. The van der Waals surface area contributed by atoms with Gasteiger partial charge in [-0.05, 0) is 29.5 Å². The third-order valence-electron chi connectivity index (χ3n) is 2.70. The highest BCUT2D eigenvalue weighted by atomic mass is 16.5. The van der Waals surface area contributed by atoms with Crippen LogP contribution >= 0.6 is 0 Å². The Labute approximate surface area is 103 Å². The van der Waals surface area contributed by atoms with Crippen LogP contribution in [0.1, 0.15) is 42.3 Å². The molecule has 0 aliphatic heterocycles. The van der Waals surface area contributed by atoms with Gasteiger partial charge in [-0.25, -0.2) is 0 Å². The van der Waals surface area contributed by atoms with E-state index in [-0.39, 0.29) is 5.41 Å². The molecule has 0 fully saturated rings. The molecule has 1 rings (SSSR count). The molecular weight excluding hydrogens is 212 g/mol. The molecule has 1 aromatic rings. The highest BCUT2D eigenvalue weighted by Crippen LogP contribution is 2.35. The quantitative estimate of drug-likeness (QED) is 0.586. The molecule has 2 heteroatoms. The first kappa shape index (κ1) is 13.5. The summed E-state index contributed by atoms with van der Waals surface area (Å²) in [7, 11) is 1.66. The van der Waals surface area contributed by atoms with Gasteiger partial charge in [0.1, 0.15) is 12.0 Å². The van der Waals surface area contributed by atoms with Crippen LogP contribution in [0.15, 0.2) is 24.8 Å². The van der Waals surface area contributed by atoms with Crippen molar-refractivity contribution in [1.29, 1.82) is 0 Å². The van der Waals surface area contributed by atoms with E-state index < -0.39 is 0 Å². The van der Waals surface area contributed by atoms with Gasteiger partial charge >= 0.3 is 0 Å². The molecule has 0 saturated carbocycles. The second-order valence-corrected chi connectivity index (χ2v) is 5.12.